The Bertz CT molecular complexity index is 1070. The van der Waals surface area contributed by atoms with Crippen LogP contribution in [-0.2, 0) is 14.4 Å². The maximum Gasteiger partial charge on any atom is 0.256 e. The average Bonchev–Trinajstić information content (AvgIpc) is 3.34. The molecule has 4 bridgehead atoms. The Labute approximate surface area is 205 Å². The van der Waals surface area contributed by atoms with Crippen molar-refractivity contribution in [2.75, 3.05) is 7.05 Å². The lowest BCUT2D eigenvalue weighted by molar-refractivity contribution is -0.147. The van der Waals surface area contributed by atoms with E-state index in [2.05, 4.69) is 20.7 Å². The highest BCUT2D eigenvalue weighted by atomic mass is 16.2. The SMILES string of the molecule is CNC(=O)C(C)(C)/C=C/N=C(C(=CN)C(=O)NC1C2CC3CC1CC(C(N)=O)(C3)C2)n1cccn1. The Kier molecular flexibility index (Phi) is 6.57. The topological polar surface area (TPSA) is 157 Å². The van der Waals surface area contributed by atoms with Crippen molar-refractivity contribution in [3.8, 4) is 0 Å². The molecule has 10 nitrogen and oxygen atoms in total. The molecule has 0 radical (unpaired) electrons. The molecule has 6 N–H and O–H groups in total. The first kappa shape index (κ1) is 24.7. The van der Waals surface area contributed by atoms with Crippen LogP contribution in [-0.4, -0.2) is 46.4 Å². The smallest absolute Gasteiger partial charge is 0.256 e. The molecule has 1 heterocycles. The molecule has 10 heteroatoms. The van der Waals surface area contributed by atoms with E-state index in [1.54, 1.807) is 45.4 Å². The quantitative estimate of drug-likeness (QED) is 0.260. The summed E-state index contributed by atoms with van der Waals surface area (Å²) in [4.78, 5) is 42.3. The number of nitrogens with one attached hydrogen (secondary N) is 2. The summed E-state index contributed by atoms with van der Waals surface area (Å²) in [5.41, 5.74) is 10.7. The number of carbonyl (C=O) groups excluding carboxylic acids is 3. The number of carbonyl (C=O) groups is 3. The minimum atomic E-state index is -0.793. The number of nitrogens with zero attached hydrogens (tertiary/aromatic N) is 3. The molecule has 4 aliphatic rings. The third kappa shape index (κ3) is 4.61. The molecule has 4 saturated carbocycles. The van der Waals surface area contributed by atoms with Gasteiger partial charge in [-0.15, -0.1) is 0 Å². The lowest BCUT2D eigenvalue weighted by atomic mass is 9.47. The van der Waals surface area contributed by atoms with E-state index in [9.17, 15) is 14.4 Å². The van der Waals surface area contributed by atoms with Crippen molar-refractivity contribution >= 4 is 23.6 Å². The number of rotatable bonds is 7. The number of aliphatic imine (C=N–C) groups is 1. The van der Waals surface area contributed by atoms with E-state index >= 15 is 0 Å². The van der Waals surface area contributed by atoms with Crippen LogP contribution in [0.2, 0.25) is 0 Å². The zero-order valence-corrected chi connectivity index (χ0v) is 20.5. The summed E-state index contributed by atoms with van der Waals surface area (Å²) < 4.78 is 1.47. The molecule has 0 aliphatic heterocycles. The Morgan fingerprint density at radius 1 is 1.20 bits per heavy atom. The van der Waals surface area contributed by atoms with Crippen LogP contribution in [0.15, 0.2) is 47.5 Å². The van der Waals surface area contributed by atoms with Crippen LogP contribution < -0.4 is 22.1 Å². The normalized spacial score (nSPS) is 30.5. The van der Waals surface area contributed by atoms with Gasteiger partial charge in [0.15, 0.2) is 5.84 Å². The van der Waals surface area contributed by atoms with Crippen LogP contribution in [0, 0.1) is 28.6 Å². The molecule has 1 aromatic heterocycles. The average molecular weight is 482 g/mol. The minimum absolute atomic E-state index is 0.0388. The van der Waals surface area contributed by atoms with E-state index < -0.39 is 10.8 Å². The van der Waals surface area contributed by atoms with Gasteiger partial charge in [0.05, 0.1) is 11.0 Å². The van der Waals surface area contributed by atoms with Crippen LogP contribution in [0.25, 0.3) is 0 Å². The fourth-order valence-electron chi connectivity index (χ4n) is 6.38. The molecule has 1 aromatic rings. The Balaban J connectivity index is 1.56. The van der Waals surface area contributed by atoms with Gasteiger partial charge >= 0.3 is 0 Å². The second-order valence-corrected chi connectivity index (χ2v) is 10.7. The van der Waals surface area contributed by atoms with Gasteiger partial charge in [-0.05, 0) is 69.8 Å². The molecule has 35 heavy (non-hydrogen) atoms. The van der Waals surface area contributed by atoms with Crippen LogP contribution in [0.5, 0.6) is 0 Å². The first-order valence-electron chi connectivity index (χ1n) is 12.1. The Hall–Kier alpha value is -3.43. The maximum atomic E-state index is 13.5. The van der Waals surface area contributed by atoms with Gasteiger partial charge in [-0.2, -0.15) is 5.10 Å². The molecule has 4 aliphatic carbocycles. The second-order valence-electron chi connectivity index (χ2n) is 10.7. The predicted octanol–water partition coefficient (Wildman–Crippen LogP) is 1.05. The summed E-state index contributed by atoms with van der Waals surface area (Å²) in [5, 5.41) is 10.0. The molecule has 188 valence electrons. The van der Waals surface area contributed by atoms with Gasteiger partial charge in [-0.25, -0.2) is 9.67 Å². The van der Waals surface area contributed by atoms with Crippen LogP contribution in [0.1, 0.15) is 46.0 Å². The highest BCUT2D eigenvalue weighted by molar-refractivity contribution is 6.21. The number of hydrogen-bond acceptors (Lipinski definition) is 6. The van der Waals surface area contributed by atoms with Gasteiger partial charge in [0.1, 0.15) is 0 Å². The van der Waals surface area contributed by atoms with Crippen molar-refractivity contribution in [2.45, 2.75) is 52.0 Å². The van der Waals surface area contributed by atoms with Crippen LogP contribution in [0.3, 0.4) is 0 Å². The summed E-state index contributed by atoms with van der Waals surface area (Å²) >= 11 is 0. The van der Waals surface area contributed by atoms with E-state index in [4.69, 9.17) is 11.5 Å². The van der Waals surface area contributed by atoms with Gasteiger partial charge in [0.25, 0.3) is 5.91 Å². The van der Waals surface area contributed by atoms with E-state index in [1.807, 2.05) is 0 Å². The first-order valence-corrected chi connectivity index (χ1v) is 12.1. The van der Waals surface area contributed by atoms with Gasteiger partial charge in [-0.1, -0.05) is 6.08 Å². The molecule has 0 saturated heterocycles. The number of hydrogen-bond donors (Lipinski definition) is 4. The lowest BCUT2D eigenvalue weighted by Crippen LogP contribution is -2.62. The molecule has 5 rings (SSSR count). The summed E-state index contributed by atoms with van der Waals surface area (Å²) in [6.45, 7) is 3.53. The van der Waals surface area contributed by atoms with Crippen molar-refractivity contribution < 1.29 is 14.4 Å². The predicted molar refractivity (Wildman–Crippen MR) is 131 cm³/mol. The molecule has 2 unspecified atom stereocenters. The van der Waals surface area contributed by atoms with Gasteiger partial charge in [0.2, 0.25) is 11.8 Å². The van der Waals surface area contributed by atoms with Crippen LogP contribution >= 0.6 is 0 Å². The molecular weight excluding hydrogens is 446 g/mol. The fraction of sp³-hybridized carbons (Fsp3) is 0.560. The summed E-state index contributed by atoms with van der Waals surface area (Å²) in [7, 11) is 1.57. The summed E-state index contributed by atoms with van der Waals surface area (Å²) in [5.74, 6) is 0.469. The van der Waals surface area contributed by atoms with Crippen LogP contribution in [0.4, 0.5) is 0 Å². The fourth-order valence-corrected chi connectivity index (χ4v) is 6.38. The summed E-state index contributed by atoms with van der Waals surface area (Å²) in [6, 6.07) is 1.68. The molecule has 4 fully saturated rings. The molecule has 0 spiro atoms. The largest absolute Gasteiger partial charge is 0.404 e. The van der Waals surface area contributed by atoms with E-state index in [1.165, 1.54) is 17.1 Å². The number of aromatic nitrogens is 2. The number of nitrogens with two attached hydrogens (primary N) is 2. The molecule has 3 amide bonds. The number of primary amides is 1. The van der Waals surface area contributed by atoms with Crippen molar-refractivity contribution in [1.29, 1.82) is 0 Å². The van der Waals surface area contributed by atoms with Crippen molar-refractivity contribution in [3.05, 3.63) is 42.5 Å². The first-order chi connectivity index (χ1) is 16.6. The Morgan fingerprint density at radius 2 is 1.89 bits per heavy atom. The van der Waals surface area contributed by atoms with E-state index in [0.29, 0.717) is 5.92 Å². The minimum Gasteiger partial charge on any atom is -0.404 e. The third-order valence-electron chi connectivity index (χ3n) is 7.97. The maximum absolute atomic E-state index is 13.5. The highest BCUT2D eigenvalue weighted by Crippen LogP contribution is 2.59. The molecular formula is C25H35N7O3. The number of amides is 3. The zero-order valence-electron chi connectivity index (χ0n) is 20.5. The molecule has 0 aromatic carbocycles. The lowest BCUT2D eigenvalue weighted by Gasteiger charge is -2.58. The molecule has 2 atom stereocenters. The Morgan fingerprint density at radius 3 is 2.43 bits per heavy atom. The van der Waals surface area contributed by atoms with E-state index in [0.717, 1.165) is 32.1 Å². The standard InChI is InChI=1S/C25H35N7O3/c1-24(2,23(35)28-3)5-7-29-20(32-8-4-6-30-32)18(14-26)21(33)31-19-16-9-15-10-17(19)13-25(11-15,12-16)22(27)34/h4-8,14-17,19H,9-13,26H2,1-3H3,(H2,27,34)(H,28,35)(H,31,33)/b7-5+,18-14?,29-20?. The van der Waals surface area contributed by atoms with Crippen molar-refractivity contribution in [3.63, 3.8) is 0 Å². The second kappa shape index (κ2) is 9.31. The monoisotopic (exact) mass is 481 g/mol. The van der Waals surface area contributed by atoms with Crippen molar-refractivity contribution in [2.24, 2.45) is 45.0 Å². The van der Waals surface area contributed by atoms with Gasteiger partial charge < -0.3 is 22.1 Å². The zero-order chi connectivity index (χ0) is 25.4. The highest BCUT2D eigenvalue weighted by Gasteiger charge is 2.58. The van der Waals surface area contributed by atoms with Gasteiger partial charge in [0, 0.05) is 43.3 Å². The van der Waals surface area contributed by atoms with Crippen molar-refractivity contribution in [1.82, 2.24) is 20.4 Å². The third-order valence-corrected chi connectivity index (χ3v) is 7.97. The summed E-state index contributed by atoms with van der Waals surface area (Å²) in [6.07, 6.45) is 11.9. The van der Waals surface area contributed by atoms with Gasteiger partial charge in [-0.3, -0.25) is 14.4 Å². The van der Waals surface area contributed by atoms with E-state index in [-0.39, 0.29) is 47.0 Å².